The first-order valence-corrected chi connectivity index (χ1v) is 26.4. The monoisotopic (exact) mass is 978 g/mol. The van der Waals surface area contributed by atoms with Crippen molar-refractivity contribution >= 4 is 33.8 Å². The van der Waals surface area contributed by atoms with Crippen molar-refractivity contribution in [1.82, 2.24) is 39.4 Å². The van der Waals surface area contributed by atoms with Crippen molar-refractivity contribution in [3.8, 4) is 22.3 Å². The first-order valence-electron chi connectivity index (χ1n) is 26.4. The maximum absolute atomic E-state index is 13.6. The van der Waals surface area contributed by atoms with E-state index >= 15 is 0 Å². The van der Waals surface area contributed by atoms with E-state index in [2.05, 4.69) is 125 Å². The van der Waals surface area contributed by atoms with E-state index in [1.807, 2.05) is 18.3 Å². The van der Waals surface area contributed by atoms with Gasteiger partial charge in [-0.3, -0.25) is 14.4 Å². The van der Waals surface area contributed by atoms with Gasteiger partial charge in [-0.25, -0.2) is 4.98 Å². The van der Waals surface area contributed by atoms with E-state index in [-0.39, 0.29) is 30.5 Å². The Morgan fingerprint density at radius 3 is 2.03 bits per heavy atom. The molecule has 7 aromatic rings. The number of hydrogen-bond donors (Lipinski definition) is 3. The summed E-state index contributed by atoms with van der Waals surface area (Å²) in [6.45, 7) is 6.86. The third-order valence-corrected chi connectivity index (χ3v) is 16.0. The van der Waals surface area contributed by atoms with Crippen LogP contribution in [0.25, 0.3) is 44.2 Å². The van der Waals surface area contributed by atoms with Crippen molar-refractivity contribution in [2.45, 2.75) is 115 Å². The fraction of sp³-hybridized carbons (Fsp3) is 0.448. The number of halogens is 3. The molecule has 4 aliphatic rings. The van der Waals surface area contributed by atoms with Gasteiger partial charge in [0.25, 0.3) is 5.91 Å². The molecule has 14 heteroatoms. The number of likely N-dealkylation sites (tertiary alicyclic amines) is 2. The molecule has 376 valence electrons. The summed E-state index contributed by atoms with van der Waals surface area (Å²) in [6.07, 6.45) is 10.4. The minimum Gasteiger partial charge on any atom is -0.393 e. The Labute approximate surface area is 419 Å². The average molecular weight is 978 g/mol. The van der Waals surface area contributed by atoms with E-state index < -0.39 is 12.6 Å². The summed E-state index contributed by atoms with van der Waals surface area (Å²) in [5.74, 6) is 2.44. The number of aliphatic hydroxyl groups excluding tert-OH is 1. The van der Waals surface area contributed by atoms with E-state index in [1.165, 1.54) is 58.8 Å². The number of carbonyl (C=O) groups is 1. The fourth-order valence-electron chi connectivity index (χ4n) is 11.6. The molecular formula is C58H66F3N9O2. The summed E-state index contributed by atoms with van der Waals surface area (Å²) in [5.41, 5.74) is 10.8. The number of amides is 1. The number of aliphatic hydroxyl groups is 1. The van der Waals surface area contributed by atoms with Crippen LogP contribution in [0.5, 0.6) is 0 Å². The van der Waals surface area contributed by atoms with E-state index in [9.17, 15) is 23.1 Å². The number of hydrogen-bond acceptors (Lipinski definition) is 8. The molecule has 72 heavy (non-hydrogen) atoms. The SMILES string of the molecule is O=C(c1ccc(CNCc2ccc(-c3ccc4c(cnn4CC4CC4)c3)cc2)cc1)N1CCC(C2CCN(Cc3ccc(-c4cn(C5CCC(O)CC5)c5nc(NCCC(F)(F)F)ncc45)cc3)CC2)CC1. The average Bonchev–Trinajstić information content (AvgIpc) is 4.02. The quantitative estimate of drug-likeness (QED) is 0.0877. The summed E-state index contributed by atoms with van der Waals surface area (Å²) in [6, 6.07) is 32.4. The predicted molar refractivity (Wildman–Crippen MR) is 277 cm³/mol. The summed E-state index contributed by atoms with van der Waals surface area (Å²) in [4.78, 5) is 27.3. The van der Waals surface area contributed by atoms with Gasteiger partial charge in [0.1, 0.15) is 5.65 Å². The minimum absolute atomic E-state index is 0.133. The highest BCUT2D eigenvalue weighted by Crippen LogP contribution is 2.38. The summed E-state index contributed by atoms with van der Waals surface area (Å²) < 4.78 is 42.8. The lowest BCUT2D eigenvalue weighted by Crippen LogP contribution is -2.42. The van der Waals surface area contributed by atoms with Gasteiger partial charge in [0.2, 0.25) is 5.95 Å². The highest BCUT2D eigenvalue weighted by Gasteiger charge is 2.32. The zero-order valence-electron chi connectivity index (χ0n) is 41.0. The molecule has 0 unspecified atom stereocenters. The van der Waals surface area contributed by atoms with Crippen LogP contribution in [-0.2, 0) is 26.2 Å². The molecule has 2 aliphatic carbocycles. The van der Waals surface area contributed by atoms with E-state index in [1.54, 1.807) is 6.20 Å². The highest BCUT2D eigenvalue weighted by atomic mass is 19.4. The number of rotatable bonds is 16. The second-order valence-corrected chi connectivity index (χ2v) is 21.1. The van der Waals surface area contributed by atoms with Crippen LogP contribution >= 0.6 is 0 Å². The van der Waals surface area contributed by atoms with Gasteiger partial charge in [-0.2, -0.15) is 23.3 Å². The third-order valence-electron chi connectivity index (χ3n) is 16.0. The number of fused-ring (bicyclic) bond motifs is 2. The zero-order chi connectivity index (χ0) is 49.2. The number of nitrogens with one attached hydrogen (secondary N) is 2. The van der Waals surface area contributed by atoms with Gasteiger partial charge < -0.3 is 25.2 Å². The summed E-state index contributed by atoms with van der Waals surface area (Å²) >= 11 is 0. The Bertz CT molecular complexity index is 2940. The Hall–Kier alpha value is -6.09. The molecule has 11 nitrogen and oxygen atoms in total. The van der Waals surface area contributed by atoms with Crippen LogP contribution in [-0.4, -0.2) is 90.1 Å². The van der Waals surface area contributed by atoms with Crippen LogP contribution in [0.1, 0.15) is 104 Å². The lowest BCUT2D eigenvalue weighted by atomic mass is 9.78. The normalized spacial score (nSPS) is 19.6. The maximum atomic E-state index is 13.6. The smallest absolute Gasteiger partial charge is 0.390 e. The van der Waals surface area contributed by atoms with Crippen molar-refractivity contribution in [3.05, 3.63) is 132 Å². The molecule has 3 N–H and O–H groups in total. The van der Waals surface area contributed by atoms with Crippen molar-refractivity contribution in [1.29, 1.82) is 0 Å². The first-order chi connectivity index (χ1) is 35.0. The minimum atomic E-state index is -4.26. The number of anilines is 1. The zero-order valence-corrected chi connectivity index (χ0v) is 41.0. The van der Waals surface area contributed by atoms with E-state index in [0.29, 0.717) is 30.3 Å². The molecule has 1 amide bonds. The molecule has 4 fully saturated rings. The Morgan fingerprint density at radius 2 is 1.35 bits per heavy atom. The molecule has 2 aliphatic heterocycles. The number of alkyl halides is 3. The molecular weight excluding hydrogens is 912 g/mol. The van der Waals surface area contributed by atoms with E-state index in [0.717, 1.165) is 112 Å². The molecule has 2 saturated heterocycles. The number of aromatic nitrogens is 5. The number of carbonyl (C=O) groups excluding carboxylic acids is 1. The van der Waals surface area contributed by atoms with Gasteiger partial charge in [0, 0.05) is 86.1 Å². The maximum Gasteiger partial charge on any atom is 0.390 e. The molecule has 0 spiro atoms. The van der Waals surface area contributed by atoms with Crippen molar-refractivity contribution < 1.29 is 23.1 Å². The van der Waals surface area contributed by atoms with Crippen LogP contribution in [0.3, 0.4) is 0 Å². The van der Waals surface area contributed by atoms with Gasteiger partial charge in [-0.05, 0) is 153 Å². The van der Waals surface area contributed by atoms with Crippen molar-refractivity contribution in [3.63, 3.8) is 0 Å². The second kappa shape index (κ2) is 21.2. The van der Waals surface area contributed by atoms with Crippen molar-refractivity contribution in [2.75, 3.05) is 38.0 Å². The number of piperidine rings is 2. The van der Waals surface area contributed by atoms with Crippen LogP contribution in [0.15, 0.2) is 110 Å². The Morgan fingerprint density at radius 1 is 0.708 bits per heavy atom. The fourth-order valence-corrected chi connectivity index (χ4v) is 11.6. The van der Waals surface area contributed by atoms with Crippen LogP contribution < -0.4 is 10.6 Å². The first kappa shape index (κ1) is 48.2. The molecule has 0 bridgehead atoms. The standard InChI is InChI=1S/C58H66F3N9O2/c59-58(60,61)25-26-63-57-64-35-52-53(38-69(55(52)66-57)50-16-18-51(71)19-17-50)46-11-7-41(8-12-46)36-67-27-21-44(22-28-67)45-23-29-68(30-24-45)56(72)47-13-5-40(6-14-47)33-62-32-39-3-9-43(10-4-39)48-15-20-54-49(31-48)34-65-70(54)37-42-1-2-42/h3-15,20,31,34-35,38,42,44-45,50-51,62,71H,1-2,16-19,21-30,32-33,36-37H2,(H,63,64,66). The Balaban J connectivity index is 0.618. The van der Waals surface area contributed by atoms with Gasteiger partial charge in [-0.1, -0.05) is 66.7 Å². The predicted octanol–water partition coefficient (Wildman–Crippen LogP) is 11.4. The second-order valence-electron chi connectivity index (χ2n) is 21.1. The molecule has 4 aromatic carbocycles. The number of nitrogens with zero attached hydrogens (tertiary/aromatic N) is 7. The van der Waals surface area contributed by atoms with Gasteiger partial charge >= 0.3 is 6.18 Å². The van der Waals surface area contributed by atoms with E-state index in [4.69, 9.17) is 4.98 Å². The molecule has 2 saturated carbocycles. The molecule has 3 aromatic heterocycles. The van der Waals surface area contributed by atoms with Crippen LogP contribution in [0, 0.1) is 17.8 Å². The third kappa shape index (κ3) is 11.4. The molecule has 5 heterocycles. The summed E-state index contributed by atoms with van der Waals surface area (Å²) in [5, 5.41) is 23.2. The molecule has 0 radical (unpaired) electrons. The number of benzene rings is 4. The topological polar surface area (TPSA) is 116 Å². The van der Waals surface area contributed by atoms with Crippen LogP contribution in [0.4, 0.5) is 19.1 Å². The van der Waals surface area contributed by atoms with Crippen LogP contribution in [0.2, 0.25) is 0 Å². The van der Waals surface area contributed by atoms with Crippen molar-refractivity contribution in [2.24, 2.45) is 17.8 Å². The molecule has 0 atom stereocenters. The molecule has 11 rings (SSSR count). The largest absolute Gasteiger partial charge is 0.393 e. The lowest BCUT2D eigenvalue weighted by molar-refractivity contribution is -0.131. The highest BCUT2D eigenvalue weighted by molar-refractivity contribution is 5.95. The Kier molecular flexibility index (Phi) is 14.2. The lowest BCUT2D eigenvalue weighted by Gasteiger charge is -2.40. The van der Waals surface area contributed by atoms with Gasteiger partial charge in [-0.15, -0.1) is 0 Å². The van der Waals surface area contributed by atoms with Gasteiger partial charge in [0.05, 0.1) is 24.2 Å². The summed E-state index contributed by atoms with van der Waals surface area (Å²) in [7, 11) is 0. The van der Waals surface area contributed by atoms with Gasteiger partial charge in [0.15, 0.2) is 0 Å².